The highest BCUT2D eigenvalue weighted by atomic mass is 32.1. The van der Waals surface area contributed by atoms with Crippen LogP contribution in [0.15, 0.2) is 53.7 Å². The molecule has 0 aliphatic carbocycles. The fraction of sp³-hybridized carbons (Fsp3) is 0.269. The Labute approximate surface area is 203 Å². The van der Waals surface area contributed by atoms with Crippen LogP contribution in [0.1, 0.15) is 16.7 Å². The quantitative estimate of drug-likeness (QED) is 0.452. The number of hydrogen-bond donors (Lipinski definition) is 2. The molecule has 1 fully saturated rings. The van der Waals surface area contributed by atoms with Crippen LogP contribution >= 0.6 is 11.3 Å². The molecule has 172 valence electrons. The van der Waals surface area contributed by atoms with Crippen LogP contribution < -0.4 is 11.1 Å². The summed E-state index contributed by atoms with van der Waals surface area (Å²) < 4.78 is 1.31. The minimum Gasteiger partial charge on any atom is -0.368 e. The summed E-state index contributed by atoms with van der Waals surface area (Å²) in [5.41, 5.74) is 11.8. The number of anilines is 3. The van der Waals surface area contributed by atoms with Gasteiger partial charge in [0.05, 0.1) is 6.54 Å². The fourth-order valence-electron chi connectivity index (χ4n) is 4.69. The largest absolute Gasteiger partial charge is 0.368 e. The molecule has 2 aliphatic heterocycles. The highest BCUT2D eigenvalue weighted by molar-refractivity contribution is 7.22. The molecule has 0 amide bonds. The number of piperazine rings is 1. The molecule has 34 heavy (non-hydrogen) atoms. The Morgan fingerprint density at radius 1 is 1.06 bits per heavy atom. The predicted molar refractivity (Wildman–Crippen MR) is 141 cm³/mol. The van der Waals surface area contributed by atoms with E-state index in [1.807, 2.05) is 23.6 Å². The zero-order chi connectivity index (χ0) is 23.1. The summed E-state index contributed by atoms with van der Waals surface area (Å²) in [7, 11) is 2.20. The van der Waals surface area contributed by atoms with E-state index in [-0.39, 0.29) is 5.95 Å². The second-order valence-electron chi connectivity index (χ2n) is 9.05. The number of nitrogens with one attached hydrogen (secondary N) is 1. The van der Waals surface area contributed by atoms with Crippen molar-refractivity contribution in [1.82, 2.24) is 19.8 Å². The molecule has 0 unspecified atom stereocenters. The van der Waals surface area contributed by atoms with E-state index in [0.717, 1.165) is 44.0 Å². The Hall–Kier alpha value is -3.33. The normalized spacial score (nSPS) is 16.3. The monoisotopic (exact) mass is 469 g/mol. The van der Waals surface area contributed by atoms with Crippen molar-refractivity contribution in [3.05, 3.63) is 65.4 Å². The van der Waals surface area contributed by atoms with Gasteiger partial charge in [0, 0.05) is 66.0 Å². The summed E-state index contributed by atoms with van der Waals surface area (Å²) in [6, 6.07) is 15.4. The molecule has 0 radical (unpaired) electrons. The fourth-order valence-corrected chi connectivity index (χ4v) is 5.78. The van der Waals surface area contributed by atoms with E-state index >= 15 is 0 Å². The smallest absolute Gasteiger partial charge is 0.221 e. The lowest BCUT2D eigenvalue weighted by molar-refractivity contribution is 0.148. The first-order valence-corrected chi connectivity index (χ1v) is 12.4. The first-order chi connectivity index (χ1) is 16.6. The SMILES string of the molecule is CN1CCN(Cc2ccc3sc(-c4cc(Nc5ccnc(N)n5)cc5c4CN=C5)cc3c2)CC1. The molecule has 0 spiro atoms. The molecule has 7 nitrogen and oxygen atoms in total. The van der Waals surface area contributed by atoms with E-state index < -0.39 is 0 Å². The Morgan fingerprint density at radius 2 is 1.94 bits per heavy atom. The van der Waals surface area contributed by atoms with Crippen molar-refractivity contribution in [1.29, 1.82) is 0 Å². The van der Waals surface area contributed by atoms with Crippen LogP contribution in [0.4, 0.5) is 17.5 Å². The summed E-state index contributed by atoms with van der Waals surface area (Å²) in [6.07, 6.45) is 3.62. The molecule has 6 rings (SSSR count). The molecule has 0 bridgehead atoms. The number of thiophene rings is 1. The topological polar surface area (TPSA) is 82.7 Å². The van der Waals surface area contributed by atoms with E-state index in [1.165, 1.54) is 31.7 Å². The van der Waals surface area contributed by atoms with Crippen LogP contribution in [0.25, 0.3) is 20.5 Å². The number of nitrogen functional groups attached to an aromatic ring is 1. The average Bonchev–Trinajstić information content (AvgIpc) is 3.47. The van der Waals surface area contributed by atoms with E-state index in [9.17, 15) is 0 Å². The number of hydrogen-bond acceptors (Lipinski definition) is 8. The number of benzene rings is 2. The van der Waals surface area contributed by atoms with Gasteiger partial charge in [0.15, 0.2) is 0 Å². The van der Waals surface area contributed by atoms with Gasteiger partial charge in [-0.15, -0.1) is 11.3 Å². The molecule has 0 saturated carbocycles. The van der Waals surface area contributed by atoms with Gasteiger partial charge in [0.1, 0.15) is 5.82 Å². The van der Waals surface area contributed by atoms with E-state index in [4.69, 9.17) is 5.73 Å². The Kier molecular flexibility index (Phi) is 5.49. The minimum absolute atomic E-state index is 0.254. The lowest BCUT2D eigenvalue weighted by Crippen LogP contribution is -2.43. The van der Waals surface area contributed by atoms with Crippen molar-refractivity contribution >= 4 is 45.1 Å². The standard InChI is InChI=1S/C26H27N7S/c1-32-6-8-33(9-7-32)16-17-2-3-23-18(10-17)12-24(34-23)21-13-20(11-19-14-28-15-22(19)21)30-25-4-5-29-26(27)31-25/h2-5,10-14H,6-9,15-16H2,1H3,(H3,27,29,30,31). The predicted octanol–water partition coefficient (Wildman–Crippen LogP) is 4.36. The van der Waals surface area contributed by atoms with E-state index in [1.54, 1.807) is 6.20 Å². The van der Waals surface area contributed by atoms with Gasteiger partial charge in [0.25, 0.3) is 0 Å². The first kappa shape index (κ1) is 21.2. The number of aromatic nitrogens is 2. The van der Waals surface area contributed by atoms with Crippen molar-refractivity contribution < 1.29 is 0 Å². The Morgan fingerprint density at radius 3 is 2.79 bits per heavy atom. The van der Waals surface area contributed by atoms with Crippen molar-refractivity contribution in [3.8, 4) is 10.4 Å². The van der Waals surface area contributed by atoms with Gasteiger partial charge >= 0.3 is 0 Å². The van der Waals surface area contributed by atoms with Crippen LogP contribution in [0.5, 0.6) is 0 Å². The van der Waals surface area contributed by atoms with E-state index in [0.29, 0.717) is 12.4 Å². The molecule has 2 aliphatic rings. The zero-order valence-corrected chi connectivity index (χ0v) is 20.0. The highest BCUT2D eigenvalue weighted by Gasteiger charge is 2.18. The van der Waals surface area contributed by atoms with Crippen molar-refractivity contribution in [2.45, 2.75) is 13.1 Å². The molecule has 1 saturated heterocycles. The van der Waals surface area contributed by atoms with Crippen LogP contribution in [0.2, 0.25) is 0 Å². The molecule has 8 heteroatoms. The number of aliphatic imine (C=N–C) groups is 1. The summed E-state index contributed by atoms with van der Waals surface area (Å²) in [6.45, 7) is 6.28. The lowest BCUT2D eigenvalue weighted by atomic mass is 10.00. The zero-order valence-electron chi connectivity index (χ0n) is 19.2. The molecule has 3 N–H and O–H groups in total. The first-order valence-electron chi connectivity index (χ1n) is 11.6. The van der Waals surface area contributed by atoms with Crippen molar-refractivity contribution in [2.24, 2.45) is 4.99 Å². The van der Waals surface area contributed by atoms with Gasteiger partial charge in [-0.3, -0.25) is 9.89 Å². The second kappa shape index (κ2) is 8.79. The van der Waals surface area contributed by atoms with Gasteiger partial charge in [-0.2, -0.15) is 4.98 Å². The van der Waals surface area contributed by atoms with Gasteiger partial charge in [-0.25, -0.2) is 4.98 Å². The van der Waals surface area contributed by atoms with Gasteiger partial charge in [0.2, 0.25) is 5.95 Å². The van der Waals surface area contributed by atoms with Gasteiger partial charge in [-0.1, -0.05) is 6.07 Å². The van der Waals surface area contributed by atoms with Crippen LogP contribution in [-0.2, 0) is 13.1 Å². The number of nitrogens with two attached hydrogens (primary N) is 1. The molecule has 2 aromatic carbocycles. The molecular formula is C26H27N7S. The maximum atomic E-state index is 5.76. The van der Waals surface area contributed by atoms with Crippen LogP contribution in [0, 0.1) is 0 Å². The Bertz CT molecular complexity index is 1390. The van der Waals surface area contributed by atoms with Crippen molar-refractivity contribution in [2.75, 3.05) is 44.3 Å². The summed E-state index contributed by atoms with van der Waals surface area (Å²) >= 11 is 1.84. The van der Waals surface area contributed by atoms with E-state index in [2.05, 4.69) is 73.5 Å². The van der Waals surface area contributed by atoms with Crippen LogP contribution in [0.3, 0.4) is 0 Å². The van der Waals surface area contributed by atoms with Gasteiger partial charge in [-0.05, 0) is 65.5 Å². The number of rotatable bonds is 5. The molecular weight excluding hydrogens is 442 g/mol. The number of fused-ring (bicyclic) bond motifs is 2. The number of likely N-dealkylation sites (N-methyl/N-ethyl adjacent to an activating group) is 1. The Balaban J connectivity index is 1.31. The summed E-state index contributed by atoms with van der Waals surface area (Å²) in [5, 5.41) is 4.69. The third-order valence-electron chi connectivity index (χ3n) is 6.56. The molecule has 2 aromatic heterocycles. The second-order valence-corrected chi connectivity index (χ2v) is 10.1. The highest BCUT2D eigenvalue weighted by Crippen LogP contribution is 2.39. The maximum absolute atomic E-state index is 5.76. The maximum Gasteiger partial charge on any atom is 0.221 e. The number of nitrogens with zero attached hydrogens (tertiary/aromatic N) is 5. The summed E-state index contributed by atoms with van der Waals surface area (Å²) in [4.78, 5) is 19.0. The molecule has 4 heterocycles. The third kappa shape index (κ3) is 4.27. The van der Waals surface area contributed by atoms with Crippen LogP contribution in [-0.4, -0.2) is 59.2 Å². The van der Waals surface area contributed by atoms with Gasteiger partial charge < -0.3 is 16.0 Å². The lowest BCUT2D eigenvalue weighted by Gasteiger charge is -2.32. The van der Waals surface area contributed by atoms with Crippen molar-refractivity contribution in [3.63, 3.8) is 0 Å². The minimum atomic E-state index is 0.254. The molecule has 0 atom stereocenters. The average molecular weight is 470 g/mol. The third-order valence-corrected chi connectivity index (χ3v) is 7.71. The molecule has 4 aromatic rings. The summed E-state index contributed by atoms with van der Waals surface area (Å²) in [5.74, 6) is 0.933.